The molecule has 1 aromatic carbocycles. The standard InChI is InChI=1S/C15H10F13NO/c1-2-9(30)29-8-5-3-7(4-6-8)10(16,17)11(18,19)12(20,21)13(22,23)14(24,25)15(26,27)28/h3-6H,2H2,1H3,(H,29,30). The number of carbonyl (C=O) groups is 1. The number of hydrogen-bond donors (Lipinski definition) is 1. The van der Waals surface area contributed by atoms with Crippen molar-refractivity contribution in [2.24, 2.45) is 0 Å². The van der Waals surface area contributed by atoms with Gasteiger partial charge in [0.25, 0.3) is 0 Å². The Bertz CT molecular complexity index is 768. The van der Waals surface area contributed by atoms with Crippen LogP contribution in [0.1, 0.15) is 18.9 Å². The number of carbonyl (C=O) groups excluding carboxylic acids is 1. The molecule has 0 radical (unpaired) electrons. The zero-order valence-corrected chi connectivity index (χ0v) is 14.3. The summed E-state index contributed by atoms with van der Waals surface area (Å²) in [5.74, 6) is -38.0. The number of rotatable bonds is 7. The van der Waals surface area contributed by atoms with Crippen LogP contribution in [0.5, 0.6) is 0 Å². The molecule has 0 fully saturated rings. The third-order valence-electron chi connectivity index (χ3n) is 3.79. The summed E-state index contributed by atoms with van der Waals surface area (Å²) < 4.78 is 170. The van der Waals surface area contributed by atoms with E-state index in [9.17, 15) is 61.9 Å². The lowest BCUT2D eigenvalue weighted by Crippen LogP contribution is -2.69. The average molecular weight is 467 g/mol. The highest BCUT2D eigenvalue weighted by Crippen LogP contribution is 2.62. The van der Waals surface area contributed by atoms with Gasteiger partial charge in [-0.25, -0.2) is 0 Å². The molecular formula is C15H10F13NO. The van der Waals surface area contributed by atoms with Gasteiger partial charge < -0.3 is 5.32 Å². The molecule has 0 saturated carbocycles. The molecule has 1 aromatic rings. The highest BCUT2D eigenvalue weighted by Gasteiger charge is 2.90. The van der Waals surface area contributed by atoms with Crippen LogP contribution in [-0.4, -0.2) is 35.8 Å². The minimum Gasteiger partial charge on any atom is -0.326 e. The molecular weight excluding hydrogens is 457 g/mol. The van der Waals surface area contributed by atoms with Gasteiger partial charge in [-0.1, -0.05) is 19.1 Å². The normalized spacial score (nSPS) is 14.6. The van der Waals surface area contributed by atoms with Gasteiger partial charge in [0, 0.05) is 17.7 Å². The first kappa shape index (κ1) is 25.8. The highest BCUT2D eigenvalue weighted by atomic mass is 19.4. The Morgan fingerprint density at radius 3 is 1.47 bits per heavy atom. The van der Waals surface area contributed by atoms with E-state index in [-0.39, 0.29) is 24.2 Å². The molecule has 1 rings (SSSR count). The number of alkyl halides is 13. The van der Waals surface area contributed by atoms with Gasteiger partial charge in [-0.15, -0.1) is 0 Å². The zero-order chi connectivity index (χ0) is 24.0. The lowest BCUT2D eigenvalue weighted by Gasteiger charge is -2.39. The van der Waals surface area contributed by atoms with Crippen LogP contribution in [-0.2, 0) is 10.7 Å². The molecule has 0 aliphatic carbocycles. The molecule has 0 atom stereocenters. The number of amides is 1. The van der Waals surface area contributed by atoms with Crippen LogP contribution in [0, 0.1) is 0 Å². The van der Waals surface area contributed by atoms with Gasteiger partial charge in [-0.2, -0.15) is 57.1 Å². The molecule has 1 N–H and O–H groups in total. The van der Waals surface area contributed by atoms with Gasteiger partial charge in [-0.05, 0) is 12.1 Å². The molecule has 30 heavy (non-hydrogen) atoms. The molecule has 0 saturated heterocycles. The van der Waals surface area contributed by atoms with Gasteiger partial charge >= 0.3 is 35.8 Å². The molecule has 0 bridgehead atoms. The number of anilines is 1. The van der Waals surface area contributed by atoms with Crippen molar-refractivity contribution in [3.05, 3.63) is 29.8 Å². The van der Waals surface area contributed by atoms with Crippen molar-refractivity contribution in [1.82, 2.24) is 0 Å². The van der Waals surface area contributed by atoms with Crippen molar-refractivity contribution in [2.75, 3.05) is 5.32 Å². The maximum Gasteiger partial charge on any atom is 0.460 e. The van der Waals surface area contributed by atoms with E-state index in [1.54, 1.807) is 0 Å². The van der Waals surface area contributed by atoms with Crippen molar-refractivity contribution < 1.29 is 61.9 Å². The third kappa shape index (κ3) is 3.77. The van der Waals surface area contributed by atoms with Crippen molar-refractivity contribution in [3.63, 3.8) is 0 Å². The van der Waals surface area contributed by atoms with E-state index >= 15 is 0 Å². The predicted molar refractivity (Wildman–Crippen MR) is 75.1 cm³/mol. The van der Waals surface area contributed by atoms with E-state index in [2.05, 4.69) is 0 Å². The summed E-state index contributed by atoms with van der Waals surface area (Å²) in [6, 6.07) is 0.867. The quantitative estimate of drug-likeness (QED) is 0.474. The Hall–Kier alpha value is -2.22. The van der Waals surface area contributed by atoms with E-state index in [1.165, 1.54) is 6.92 Å². The molecule has 0 aliphatic heterocycles. The fraction of sp³-hybridized carbons (Fsp3) is 0.533. The molecule has 172 valence electrons. The van der Waals surface area contributed by atoms with E-state index in [4.69, 9.17) is 0 Å². The van der Waals surface area contributed by atoms with Crippen LogP contribution < -0.4 is 5.32 Å². The summed E-state index contributed by atoms with van der Waals surface area (Å²) in [7, 11) is 0. The smallest absolute Gasteiger partial charge is 0.326 e. The Balaban J connectivity index is 3.44. The lowest BCUT2D eigenvalue weighted by molar-refractivity contribution is -0.441. The third-order valence-corrected chi connectivity index (χ3v) is 3.79. The monoisotopic (exact) mass is 467 g/mol. The molecule has 2 nitrogen and oxygen atoms in total. The summed E-state index contributed by atoms with van der Waals surface area (Å²) >= 11 is 0. The van der Waals surface area contributed by atoms with E-state index in [0.29, 0.717) is 12.1 Å². The SMILES string of the molecule is CCC(=O)Nc1ccc(C(F)(F)C(F)(F)C(F)(F)C(F)(F)C(F)(F)C(F)(F)F)cc1. The maximum atomic E-state index is 13.9. The van der Waals surface area contributed by atoms with Gasteiger partial charge in [0.05, 0.1) is 0 Å². The second-order valence-corrected chi connectivity index (χ2v) is 5.85. The molecule has 0 aliphatic rings. The number of nitrogens with one attached hydrogen (secondary N) is 1. The maximum absolute atomic E-state index is 13.9. The average Bonchev–Trinajstić information content (AvgIpc) is 2.60. The Kier molecular flexibility index (Phi) is 6.44. The van der Waals surface area contributed by atoms with Crippen LogP contribution in [0.25, 0.3) is 0 Å². The van der Waals surface area contributed by atoms with E-state index in [0.717, 1.165) is 0 Å². The van der Waals surface area contributed by atoms with Crippen LogP contribution in [0.4, 0.5) is 62.8 Å². The van der Waals surface area contributed by atoms with Crippen LogP contribution in [0.2, 0.25) is 0 Å². The number of benzene rings is 1. The minimum absolute atomic E-state index is 0.0324. The first-order valence-electron chi connectivity index (χ1n) is 7.54. The largest absolute Gasteiger partial charge is 0.460 e. The van der Waals surface area contributed by atoms with E-state index in [1.807, 2.05) is 5.32 Å². The van der Waals surface area contributed by atoms with Crippen LogP contribution in [0.3, 0.4) is 0 Å². The molecule has 0 spiro atoms. The summed E-state index contributed by atoms with van der Waals surface area (Å²) in [6.45, 7) is 1.36. The first-order chi connectivity index (χ1) is 13.2. The predicted octanol–water partition coefficient (Wildman–Crippen LogP) is 6.23. The second-order valence-electron chi connectivity index (χ2n) is 5.85. The molecule has 0 heterocycles. The fourth-order valence-corrected chi connectivity index (χ4v) is 1.96. The summed E-state index contributed by atoms with van der Waals surface area (Å²) in [6.07, 6.45) is -7.57. The molecule has 1 amide bonds. The highest BCUT2D eigenvalue weighted by molar-refractivity contribution is 5.90. The topological polar surface area (TPSA) is 29.1 Å². The Morgan fingerprint density at radius 2 is 1.10 bits per heavy atom. The van der Waals surface area contributed by atoms with Crippen molar-refractivity contribution in [2.45, 2.75) is 49.1 Å². The summed E-state index contributed by atoms with van der Waals surface area (Å²) in [5, 5.41) is 2.04. The lowest BCUT2D eigenvalue weighted by atomic mass is 9.90. The number of halogens is 13. The van der Waals surface area contributed by atoms with Crippen molar-refractivity contribution in [3.8, 4) is 0 Å². The van der Waals surface area contributed by atoms with Crippen LogP contribution >= 0.6 is 0 Å². The van der Waals surface area contributed by atoms with Crippen molar-refractivity contribution >= 4 is 11.6 Å². The summed E-state index contributed by atoms with van der Waals surface area (Å²) in [5.41, 5.74) is -2.43. The molecule has 0 aromatic heterocycles. The van der Waals surface area contributed by atoms with Gasteiger partial charge in [0.2, 0.25) is 5.91 Å². The van der Waals surface area contributed by atoms with Crippen molar-refractivity contribution in [1.29, 1.82) is 0 Å². The molecule has 0 unspecified atom stereocenters. The summed E-state index contributed by atoms with van der Waals surface area (Å²) in [4.78, 5) is 11.1. The number of hydrogen-bond acceptors (Lipinski definition) is 1. The fourth-order valence-electron chi connectivity index (χ4n) is 1.96. The van der Waals surface area contributed by atoms with E-state index < -0.39 is 47.3 Å². The van der Waals surface area contributed by atoms with Crippen LogP contribution in [0.15, 0.2) is 24.3 Å². The van der Waals surface area contributed by atoms with Gasteiger partial charge in [0.1, 0.15) is 0 Å². The second kappa shape index (κ2) is 7.48. The zero-order valence-electron chi connectivity index (χ0n) is 14.3. The first-order valence-corrected chi connectivity index (χ1v) is 7.54. The Morgan fingerprint density at radius 1 is 0.700 bits per heavy atom. The molecule has 15 heteroatoms. The van der Waals surface area contributed by atoms with Gasteiger partial charge in [-0.3, -0.25) is 4.79 Å². The Labute approximate surface area is 159 Å². The minimum atomic E-state index is -7.94. The van der Waals surface area contributed by atoms with Gasteiger partial charge in [0.15, 0.2) is 0 Å².